The molecule has 0 aliphatic heterocycles. The molecule has 25 heavy (non-hydrogen) atoms. The minimum Gasteiger partial charge on any atom is -0.350 e. The standard InChI is InChI=1S/C22H30N2O/c25-21(14-23-20-7-3-5-18-4-1-2-6-19(18)20)24-22-11-15-8-16(12-22)10-17(9-15)13-22/h1-2,4,6,15-17,20,23H,3,5,7-14H2,(H,24,25)/t15?,16?,17?,20-,22?/m1/s1. The van der Waals surface area contributed by atoms with Crippen LogP contribution in [0.4, 0.5) is 0 Å². The SMILES string of the molecule is O=C(CN[C@@H]1CCCc2ccccc21)NC12CC3CC(CC(C3)C1)C2. The fourth-order valence-electron chi connectivity index (χ4n) is 6.79. The van der Waals surface area contributed by atoms with E-state index in [0.29, 0.717) is 12.6 Å². The van der Waals surface area contributed by atoms with E-state index in [0.717, 1.165) is 24.2 Å². The Morgan fingerprint density at radius 3 is 2.44 bits per heavy atom. The molecule has 2 N–H and O–H groups in total. The van der Waals surface area contributed by atoms with Gasteiger partial charge in [-0.05, 0) is 86.7 Å². The molecule has 4 bridgehead atoms. The third-order valence-corrected chi connectivity index (χ3v) is 7.32. The summed E-state index contributed by atoms with van der Waals surface area (Å²) < 4.78 is 0. The average molecular weight is 338 g/mol. The first-order valence-electron chi connectivity index (χ1n) is 10.3. The summed E-state index contributed by atoms with van der Waals surface area (Å²) in [5.74, 6) is 2.85. The Bertz CT molecular complexity index is 632. The van der Waals surface area contributed by atoms with E-state index in [4.69, 9.17) is 0 Å². The van der Waals surface area contributed by atoms with Crippen LogP contribution in [-0.4, -0.2) is 18.0 Å². The molecule has 0 heterocycles. The van der Waals surface area contributed by atoms with Crippen LogP contribution < -0.4 is 10.6 Å². The van der Waals surface area contributed by atoms with Gasteiger partial charge >= 0.3 is 0 Å². The summed E-state index contributed by atoms with van der Waals surface area (Å²) in [5, 5.41) is 7.03. The molecule has 1 amide bonds. The second-order valence-corrected chi connectivity index (χ2v) is 9.27. The zero-order valence-corrected chi connectivity index (χ0v) is 15.1. The van der Waals surface area contributed by atoms with Gasteiger partial charge in [0.15, 0.2) is 0 Å². The van der Waals surface area contributed by atoms with Gasteiger partial charge in [-0.15, -0.1) is 0 Å². The monoisotopic (exact) mass is 338 g/mol. The third-order valence-electron chi connectivity index (χ3n) is 7.32. The number of hydrogen-bond donors (Lipinski definition) is 2. The highest BCUT2D eigenvalue weighted by Crippen LogP contribution is 2.55. The molecule has 3 nitrogen and oxygen atoms in total. The second-order valence-electron chi connectivity index (χ2n) is 9.27. The number of rotatable bonds is 4. The predicted molar refractivity (Wildman–Crippen MR) is 99.2 cm³/mol. The number of nitrogens with one attached hydrogen (secondary N) is 2. The lowest BCUT2D eigenvalue weighted by Crippen LogP contribution is -2.60. The molecule has 4 saturated carbocycles. The molecule has 134 valence electrons. The molecule has 0 aromatic heterocycles. The highest BCUT2D eigenvalue weighted by molar-refractivity contribution is 5.79. The van der Waals surface area contributed by atoms with Crippen LogP contribution in [0.3, 0.4) is 0 Å². The number of fused-ring (bicyclic) bond motifs is 1. The van der Waals surface area contributed by atoms with Crippen molar-refractivity contribution in [3.63, 3.8) is 0 Å². The van der Waals surface area contributed by atoms with Crippen molar-refractivity contribution < 1.29 is 4.79 Å². The molecule has 4 fully saturated rings. The summed E-state index contributed by atoms with van der Waals surface area (Å²) in [5.41, 5.74) is 2.99. The van der Waals surface area contributed by atoms with Crippen molar-refractivity contribution in [3.8, 4) is 0 Å². The highest BCUT2D eigenvalue weighted by atomic mass is 16.2. The summed E-state index contributed by atoms with van der Waals surface area (Å²) in [7, 11) is 0. The van der Waals surface area contributed by atoms with Crippen molar-refractivity contribution in [2.75, 3.05) is 6.54 Å². The van der Waals surface area contributed by atoms with E-state index in [1.807, 2.05) is 0 Å². The number of amides is 1. The van der Waals surface area contributed by atoms with Crippen LogP contribution >= 0.6 is 0 Å². The molecular formula is C22H30N2O. The molecular weight excluding hydrogens is 308 g/mol. The van der Waals surface area contributed by atoms with Crippen LogP contribution in [0.2, 0.25) is 0 Å². The molecule has 5 aliphatic carbocycles. The molecule has 0 radical (unpaired) electrons. The van der Waals surface area contributed by atoms with E-state index >= 15 is 0 Å². The van der Waals surface area contributed by atoms with E-state index in [-0.39, 0.29) is 11.4 Å². The van der Waals surface area contributed by atoms with Crippen LogP contribution in [0, 0.1) is 17.8 Å². The van der Waals surface area contributed by atoms with Crippen molar-refractivity contribution in [2.24, 2.45) is 17.8 Å². The van der Waals surface area contributed by atoms with Gasteiger partial charge in [0.2, 0.25) is 5.91 Å². The van der Waals surface area contributed by atoms with Crippen molar-refractivity contribution in [2.45, 2.75) is 69.4 Å². The molecule has 1 aromatic rings. The Morgan fingerprint density at radius 1 is 1.04 bits per heavy atom. The summed E-state index contributed by atoms with van der Waals surface area (Å²) in [6.07, 6.45) is 11.5. The minimum absolute atomic E-state index is 0.137. The van der Waals surface area contributed by atoms with E-state index in [2.05, 4.69) is 34.9 Å². The lowest BCUT2D eigenvalue weighted by molar-refractivity contribution is -0.126. The van der Waals surface area contributed by atoms with Gasteiger partial charge in [-0.1, -0.05) is 24.3 Å². The number of aryl methyl sites for hydroxylation is 1. The van der Waals surface area contributed by atoms with E-state index < -0.39 is 0 Å². The molecule has 0 saturated heterocycles. The van der Waals surface area contributed by atoms with Gasteiger partial charge in [0.1, 0.15) is 0 Å². The largest absolute Gasteiger partial charge is 0.350 e. The number of carbonyl (C=O) groups excluding carboxylic acids is 1. The summed E-state index contributed by atoms with van der Waals surface area (Å²) >= 11 is 0. The predicted octanol–water partition coefficient (Wildman–Crippen LogP) is 3.74. The smallest absolute Gasteiger partial charge is 0.234 e. The van der Waals surface area contributed by atoms with Gasteiger partial charge in [0, 0.05) is 11.6 Å². The maximum atomic E-state index is 12.7. The third kappa shape index (κ3) is 3.01. The van der Waals surface area contributed by atoms with Crippen LogP contribution in [0.5, 0.6) is 0 Å². The maximum Gasteiger partial charge on any atom is 0.234 e. The second kappa shape index (κ2) is 6.12. The summed E-state index contributed by atoms with van der Waals surface area (Å²) in [6, 6.07) is 9.05. The Balaban J connectivity index is 1.21. The van der Waals surface area contributed by atoms with Crippen molar-refractivity contribution in [1.82, 2.24) is 10.6 Å². The van der Waals surface area contributed by atoms with Gasteiger partial charge in [-0.3, -0.25) is 4.79 Å². The molecule has 5 aliphatic rings. The Morgan fingerprint density at radius 2 is 1.72 bits per heavy atom. The zero-order chi connectivity index (χ0) is 16.9. The average Bonchev–Trinajstić information content (AvgIpc) is 2.58. The number of benzene rings is 1. The first kappa shape index (κ1) is 15.9. The molecule has 0 spiro atoms. The van der Waals surface area contributed by atoms with Gasteiger partial charge in [-0.25, -0.2) is 0 Å². The fraction of sp³-hybridized carbons (Fsp3) is 0.682. The van der Waals surface area contributed by atoms with Gasteiger partial charge in [0.25, 0.3) is 0 Å². The van der Waals surface area contributed by atoms with E-state index in [9.17, 15) is 4.79 Å². The van der Waals surface area contributed by atoms with Crippen LogP contribution in [0.1, 0.15) is 68.5 Å². The molecule has 1 atom stereocenters. The Hall–Kier alpha value is -1.35. The van der Waals surface area contributed by atoms with Gasteiger partial charge < -0.3 is 10.6 Å². The zero-order valence-electron chi connectivity index (χ0n) is 15.1. The maximum absolute atomic E-state index is 12.7. The Kier molecular flexibility index (Phi) is 3.89. The van der Waals surface area contributed by atoms with Crippen LogP contribution in [-0.2, 0) is 11.2 Å². The lowest BCUT2D eigenvalue weighted by atomic mass is 9.53. The van der Waals surface area contributed by atoms with E-state index in [1.165, 1.54) is 62.5 Å². The molecule has 0 unspecified atom stereocenters. The quantitative estimate of drug-likeness (QED) is 0.878. The molecule has 6 rings (SSSR count). The van der Waals surface area contributed by atoms with Gasteiger partial charge in [-0.2, -0.15) is 0 Å². The van der Waals surface area contributed by atoms with E-state index in [1.54, 1.807) is 0 Å². The minimum atomic E-state index is 0.137. The van der Waals surface area contributed by atoms with Crippen LogP contribution in [0.15, 0.2) is 24.3 Å². The lowest BCUT2D eigenvalue weighted by Gasteiger charge is -2.56. The summed E-state index contributed by atoms with van der Waals surface area (Å²) in [6.45, 7) is 0.459. The normalized spacial score (nSPS) is 38.4. The Labute approximate surface area is 151 Å². The first-order valence-corrected chi connectivity index (χ1v) is 10.3. The number of hydrogen-bond acceptors (Lipinski definition) is 2. The molecule has 1 aromatic carbocycles. The van der Waals surface area contributed by atoms with Gasteiger partial charge in [0.05, 0.1) is 6.54 Å². The highest BCUT2D eigenvalue weighted by Gasteiger charge is 2.51. The molecule has 3 heteroatoms. The van der Waals surface area contributed by atoms with Crippen LogP contribution in [0.25, 0.3) is 0 Å². The van der Waals surface area contributed by atoms with Crippen molar-refractivity contribution >= 4 is 5.91 Å². The van der Waals surface area contributed by atoms with Crippen molar-refractivity contribution in [3.05, 3.63) is 35.4 Å². The van der Waals surface area contributed by atoms with Crippen molar-refractivity contribution in [1.29, 1.82) is 0 Å². The topological polar surface area (TPSA) is 41.1 Å². The fourth-order valence-corrected chi connectivity index (χ4v) is 6.79. The first-order chi connectivity index (χ1) is 12.2. The summed E-state index contributed by atoms with van der Waals surface area (Å²) in [4.78, 5) is 12.7. The number of carbonyl (C=O) groups is 1.